The Balaban J connectivity index is 1.57. The van der Waals surface area contributed by atoms with Crippen LogP contribution in [0.1, 0.15) is 39.4 Å². The van der Waals surface area contributed by atoms with E-state index in [0.717, 1.165) is 10.6 Å². The maximum Gasteiger partial charge on any atom is 0.444 e. The Hall–Kier alpha value is -2.81. The van der Waals surface area contributed by atoms with E-state index in [-0.39, 0.29) is 6.61 Å². The predicted molar refractivity (Wildman–Crippen MR) is 96.0 cm³/mol. The second-order valence-corrected chi connectivity index (χ2v) is 7.70. The number of carbonyl (C=O) groups is 3. The quantitative estimate of drug-likeness (QED) is 0.839. The number of cyclic esters (lactones) is 1. The predicted octanol–water partition coefficient (Wildman–Crippen LogP) is 2.32. The number of benzene rings is 1. The molecule has 1 N–H and O–H groups in total. The molecule has 1 aromatic rings. The number of hydrogen-bond acceptors (Lipinski definition) is 7. The van der Waals surface area contributed by atoms with Crippen LogP contribution in [0.15, 0.2) is 30.3 Å². The number of nitrogens with one attached hydrogen (secondary N) is 1. The Morgan fingerprint density at radius 3 is 2.46 bits per heavy atom. The Morgan fingerprint density at radius 1 is 1.21 bits per heavy atom. The molecule has 0 aliphatic carbocycles. The van der Waals surface area contributed by atoms with E-state index >= 15 is 0 Å². The van der Waals surface area contributed by atoms with Crippen LogP contribution < -0.4 is 5.32 Å². The van der Waals surface area contributed by atoms with E-state index in [2.05, 4.69) is 5.32 Å². The zero-order valence-electron chi connectivity index (χ0n) is 16.2. The summed E-state index contributed by atoms with van der Waals surface area (Å²) in [6.45, 7) is 7.07. The number of ether oxygens (including phenoxy) is 3. The van der Waals surface area contributed by atoms with E-state index in [1.54, 1.807) is 27.7 Å². The summed E-state index contributed by atoms with van der Waals surface area (Å²) in [7, 11) is 0. The molecule has 2 aliphatic rings. The summed E-state index contributed by atoms with van der Waals surface area (Å²) in [5.41, 5.74) is 0.137. The van der Waals surface area contributed by atoms with Gasteiger partial charge in [0.25, 0.3) is 0 Å². The molecule has 0 bridgehead atoms. The van der Waals surface area contributed by atoms with Gasteiger partial charge in [-0.1, -0.05) is 30.3 Å². The summed E-state index contributed by atoms with van der Waals surface area (Å²) in [6.07, 6.45) is -3.00. The highest BCUT2D eigenvalue weighted by atomic mass is 16.8. The maximum atomic E-state index is 12.4. The molecule has 28 heavy (non-hydrogen) atoms. The van der Waals surface area contributed by atoms with Crippen LogP contribution in [0.4, 0.5) is 9.59 Å². The van der Waals surface area contributed by atoms with Crippen LogP contribution >= 0.6 is 0 Å². The molecule has 0 aromatic heterocycles. The van der Waals surface area contributed by atoms with Gasteiger partial charge >= 0.3 is 18.2 Å². The van der Waals surface area contributed by atoms with Crippen LogP contribution in [-0.2, 0) is 23.8 Å². The van der Waals surface area contributed by atoms with Gasteiger partial charge in [0.05, 0.1) is 12.6 Å². The van der Waals surface area contributed by atoms with Gasteiger partial charge in [-0.25, -0.2) is 14.4 Å². The first-order valence-electron chi connectivity index (χ1n) is 9.03. The van der Waals surface area contributed by atoms with Gasteiger partial charge in [-0.15, -0.1) is 5.06 Å². The fourth-order valence-electron chi connectivity index (χ4n) is 2.90. The standard InChI is InChI=1S/C19H24N2O7/c1-11-14(12-8-6-5-7-9-12)26-18(24)21(11)28-16(22)15-13(10-25-15)20-17(23)27-19(2,3)4/h5-9,11,13-15H,10H2,1-4H3,(H,20,23)/t11-,13-,14-,15+/m0/s1. The normalized spacial score (nSPS) is 26.9. The molecular weight excluding hydrogens is 368 g/mol. The minimum Gasteiger partial charge on any atom is -0.444 e. The molecule has 1 aromatic carbocycles. The van der Waals surface area contributed by atoms with E-state index in [0.29, 0.717) is 0 Å². The molecule has 2 fully saturated rings. The van der Waals surface area contributed by atoms with Crippen molar-refractivity contribution in [2.45, 2.75) is 57.6 Å². The summed E-state index contributed by atoms with van der Waals surface area (Å²) >= 11 is 0. The molecular formula is C19H24N2O7. The lowest BCUT2D eigenvalue weighted by atomic mass is 10.0. The lowest BCUT2D eigenvalue weighted by Gasteiger charge is -2.36. The minimum absolute atomic E-state index is 0.144. The monoisotopic (exact) mass is 392 g/mol. The zero-order valence-corrected chi connectivity index (χ0v) is 16.2. The zero-order chi connectivity index (χ0) is 20.5. The third-order valence-corrected chi connectivity index (χ3v) is 4.29. The van der Waals surface area contributed by atoms with Crippen LogP contribution in [0.2, 0.25) is 0 Å². The highest BCUT2D eigenvalue weighted by molar-refractivity contribution is 5.80. The first kappa shape index (κ1) is 19.9. The summed E-state index contributed by atoms with van der Waals surface area (Å²) in [4.78, 5) is 41.6. The second kappa shape index (κ2) is 7.67. The molecule has 0 unspecified atom stereocenters. The molecule has 0 saturated carbocycles. The average molecular weight is 392 g/mol. The number of rotatable bonds is 4. The number of nitrogens with zero attached hydrogens (tertiary/aromatic N) is 1. The van der Waals surface area contributed by atoms with Crippen molar-refractivity contribution in [3.63, 3.8) is 0 Å². The maximum absolute atomic E-state index is 12.4. The van der Waals surface area contributed by atoms with Crippen LogP contribution in [0.5, 0.6) is 0 Å². The van der Waals surface area contributed by atoms with Crippen LogP contribution in [0.25, 0.3) is 0 Å². The summed E-state index contributed by atoms with van der Waals surface area (Å²) < 4.78 is 15.7. The lowest BCUT2D eigenvalue weighted by Crippen LogP contribution is -2.61. The fraction of sp³-hybridized carbons (Fsp3) is 0.526. The van der Waals surface area contributed by atoms with Crippen molar-refractivity contribution >= 4 is 18.2 Å². The number of amides is 2. The van der Waals surface area contributed by atoms with Gasteiger partial charge in [0.15, 0.2) is 12.2 Å². The van der Waals surface area contributed by atoms with Crippen molar-refractivity contribution in [1.82, 2.24) is 10.4 Å². The molecule has 2 aliphatic heterocycles. The van der Waals surface area contributed by atoms with Crippen LogP contribution in [0.3, 0.4) is 0 Å². The molecule has 0 radical (unpaired) electrons. The molecule has 2 saturated heterocycles. The third kappa shape index (κ3) is 4.36. The average Bonchev–Trinajstić information content (AvgIpc) is 2.86. The van der Waals surface area contributed by atoms with Crippen molar-refractivity contribution in [2.75, 3.05) is 6.61 Å². The van der Waals surface area contributed by atoms with Gasteiger partial charge in [0.1, 0.15) is 11.6 Å². The number of carbonyl (C=O) groups excluding carboxylic acids is 3. The van der Waals surface area contributed by atoms with Crippen molar-refractivity contribution in [3.8, 4) is 0 Å². The SMILES string of the molecule is C[C@H]1[C@@H](c2ccccc2)OC(=O)N1OC(=O)[C@@H]1OC[C@@H]1NC(=O)OC(C)(C)C. The Kier molecular flexibility index (Phi) is 5.46. The number of hydrogen-bond donors (Lipinski definition) is 1. The second-order valence-electron chi connectivity index (χ2n) is 7.70. The van der Waals surface area contributed by atoms with E-state index in [1.807, 2.05) is 30.3 Å². The van der Waals surface area contributed by atoms with Crippen molar-refractivity contribution in [2.24, 2.45) is 0 Å². The van der Waals surface area contributed by atoms with Gasteiger partial charge in [-0.2, -0.15) is 0 Å². The molecule has 0 spiro atoms. The molecule has 2 heterocycles. The Bertz CT molecular complexity index is 746. The number of hydroxylamine groups is 2. The van der Waals surface area contributed by atoms with Gasteiger partial charge in [0.2, 0.25) is 0 Å². The summed E-state index contributed by atoms with van der Waals surface area (Å²) in [5, 5.41) is 3.46. The number of alkyl carbamates (subject to hydrolysis) is 1. The Labute approximate surface area is 162 Å². The minimum atomic E-state index is -1.02. The molecule has 3 rings (SSSR count). The van der Waals surface area contributed by atoms with Crippen molar-refractivity contribution < 1.29 is 33.4 Å². The van der Waals surface area contributed by atoms with Crippen LogP contribution in [-0.4, -0.2) is 53.6 Å². The van der Waals surface area contributed by atoms with Gasteiger partial charge in [0, 0.05) is 0 Å². The van der Waals surface area contributed by atoms with E-state index in [9.17, 15) is 14.4 Å². The Morgan fingerprint density at radius 2 is 1.89 bits per heavy atom. The summed E-state index contributed by atoms with van der Waals surface area (Å²) in [6, 6.07) is 8.07. The molecule has 2 amide bonds. The van der Waals surface area contributed by atoms with Gasteiger partial charge in [-0.05, 0) is 33.3 Å². The van der Waals surface area contributed by atoms with E-state index in [1.165, 1.54) is 0 Å². The largest absolute Gasteiger partial charge is 0.444 e. The fourth-order valence-corrected chi connectivity index (χ4v) is 2.90. The highest BCUT2D eigenvalue weighted by Crippen LogP contribution is 2.33. The molecule has 4 atom stereocenters. The van der Waals surface area contributed by atoms with Crippen LogP contribution in [0, 0.1) is 0 Å². The van der Waals surface area contributed by atoms with Gasteiger partial charge in [-0.3, -0.25) is 0 Å². The smallest absolute Gasteiger partial charge is 0.444 e. The molecule has 9 heteroatoms. The highest BCUT2D eigenvalue weighted by Gasteiger charge is 2.47. The molecule has 152 valence electrons. The van der Waals surface area contributed by atoms with Crippen molar-refractivity contribution in [1.29, 1.82) is 0 Å². The van der Waals surface area contributed by atoms with Gasteiger partial charge < -0.3 is 24.4 Å². The third-order valence-electron chi connectivity index (χ3n) is 4.29. The topological polar surface area (TPSA) is 103 Å². The first-order chi connectivity index (χ1) is 13.2. The van der Waals surface area contributed by atoms with E-state index < -0.39 is 48.0 Å². The van der Waals surface area contributed by atoms with E-state index in [4.69, 9.17) is 19.0 Å². The van der Waals surface area contributed by atoms with Crippen molar-refractivity contribution in [3.05, 3.63) is 35.9 Å². The first-order valence-corrected chi connectivity index (χ1v) is 9.03. The lowest BCUT2D eigenvalue weighted by molar-refractivity contribution is -0.208. The molecule has 9 nitrogen and oxygen atoms in total. The summed E-state index contributed by atoms with van der Waals surface area (Å²) in [5.74, 6) is -0.787.